The summed E-state index contributed by atoms with van der Waals surface area (Å²) in [4.78, 5) is 4.36. The normalized spacial score (nSPS) is 18.8. The zero-order valence-corrected chi connectivity index (χ0v) is 14.0. The molecule has 1 aliphatic rings. The summed E-state index contributed by atoms with van der Waals surface area (Å²) in [5, 5.41) is 13.6. The van der Waals surface area contributed by atoms with E-state index in [9.17, 15) is 0 Å². The standard InChI is InChI=1S/C15H21ClN6/c1-20(2)15-7-6-12(18-19-15)13-5-4-8-22(13)10-14-11(16)9-17-21(14)3/h6-7,9,13H,4-5,8,10H2,1-3H3. The first-order valence-corrected chi connectivity index (χ1v) is 7.85. The van der Waals surface area contributed by atoms with Gasteiger partial charge in [0, 0.05) is 27.7 Å². The minimum Gasteiger partial charge on any atom is -0.361 e. The molecule has 0 aromatic carbocycles. The van der Waals surface area contributed by atoms with Crippen molar-refractivity contribution >= 4 is 17.4 Å². The fourth-order valence-corrected chi connectivity index (χ4v) is 3.13. The number of hydrogen-bond acceptors (Lipinski definition) is 5. The van der Waals surface area contributed by atoms with Crippen LogP contribution in [-0.2, 0) is 13.6 Å². The van der Waals surface area contributed by atoms with Crippen molar-refractivity contribution < 1.29 is 0 Å². The van der Waals surface area contributed by atoms with Gasteiger partial charge in [-0.1, -0.05) is 11.6 Å². The van der Waals surface area contributed by atoms with Crippen molar-refractivity contribution in [2.75, 3.05) is 25.5 Å². The van der Waals surface area contributed by atoms with Crippen LogP contribution in [0.3, 0.4) is 0 Å². The summed E-state index contributed by atoms with van der Waals surface area (Å²) in [6.45, 7) is 1.83. The smallest absolute Gasteiger partial charge is 0.150 e. The van der Waals surface area contributed by atoms with Crippen molar-refractivity contribution in [1.82, 2.24) is 24.9 Å². The van der Waals surface area contributed by atoms with Gasteiger partial charge in [-0.15, -0.1) is 5.10 Å². The molecule has 7 heteroatoms. The molecule has 0 amide bonds. The summed E-state index contributed by atoms with van der Waals surface area (Å²) in [5.41, 5.74) is 2.08. The zero-order chi connectivity index (χ0) is 15.7. The van der Waals surface area contributed by atoms with Crippen molar-refractivity contribution in [3.8, 4) is 0 Å². The molecule has 22 heavy (non-hydrogen) atoms. The largest absolute Gasteiger partial charge is 0.361 e. The molecule has 2 aromatic heterocycles. The van der Waals surface area contributed by atoms with Crippen LogP contribution in [0.2, 0.25) is 5.02 Å². The van der Waals surface area contributed by atoms with Gasteiger partial charge in [-0.3, -0.25) is 9.58 Å². The highest BCUT2D eigenvalue weighted by molar-refractivity contribution is 6.31. The van der Waals surface area contributed by atoms with E-state index >= 15 is 0 Å². The summed E-state index contributed by atoms with van der Waals surface area (Å²) in [6, 6.07) is 4.40. The molecule has 0 radical (unpaired) electrons. The molecular weight excluding hydrogens is 300 g/mol. The van der Waals surface area contributed by atoms with Crippen LogP contribution in [-0.4, -0.2) is 45.5 Å². The van der Waals surface area contributed by atoms with E-state index in [0.717, 1.165) is 48.2 Å². The third-order valence-electron chi connectivity index (χ3n) is 4.20. The van der Waals surface area contributed by atoms with Gasteiger partial charge in [0.05, 0.1) is 28.6 Å². The van der Waals surface area contributed by atoms with Crippen LogP contribution < -0.4 is 4.90 Å². The number of aromatic nitrogens is 4. The fourth-order valence-electron chi connectivity index (χ4n) is 2.91. The van der Waals surface area contributed by atoms with Crippen LogP contribution in [0, 0.1) is 0 Å². The first-order chi connectivity index (χ1) is 10.6. The van der Waals surface area contributed by atoms with E-state index in [-0.39, 0.29) is 0 Å². The molecule has 0 bridgehead atoms. The molecule has 2 aromatic rings. The van der Waals surface area contributed by atoms with Gasteiger partial charge in [-0.25, -0.2) is 0 Å². The SMILES string of the molecule is CN(C)c1ccc(C2CCCN2Cc2c(Cl)cnn2C)nn1. The molecule has 0 spiro atoms. The molecule has 1 atom stereocenters. The number of aryl methyl sites for hydroxylation is 1. The highest BCUT2D eigenvalue weighted by atomic mass is 35.5. The average Bonchev–Trinajstić information content (AvgIpc) is 3.09. The molecule has 3 rings (SSSR count). The molecule has 0 aliphatic carbocycles. The van der Waals surface area contributed by atoms with E-state index in [1.807, 2.05) is 36.8 Å². The second-order valence-corrected chi connectivity index (χ2v) is 6.31. The van der Waals surface area contributed by atoms with Gasteiger partial charge >= 0.3 is 0 Å². The Morgan fingerprint density at radius 1 is 1.32 bits per heavy atom. The Bertz CT molecular complexity index is 616. The van der Waals surface area contributed by atoms with E-state index in [4.69, 9.17) is 11.6 Å². The van der Waals surface area contributed by atoms with Crippen LogP contribution in [0.25, 0.3) is 0 Å². The summed E-state index contributed by atoms with van der Waals surface area (Å²) in [5.74, 6) is 0.878. The molecule has 6 nitrogen and oxygen atoms in total. The Morgan fingerprint density at radius 3 is 2.73 bits per heavy atom. The molecule has 1 fully saturated rings. The van der Waals surface area contributed by atoms with E-state index in [2.05, 4.69) is 26.3 Å². The second-order valence-electron chi connectivity index (χ2n) is 5.90. The molecule has 1 aliphatic heterocycles. The summed E-state index contributed by atoms with van der Waals surface area (Å²) >= 11 is 6.23. The van der Waals surface area contributed by atoms with Gasteiger partial charge in [-0.2, -0.15) is 10.2 Å². The third kappa shape index (κ3) is 2.94. The molecule has 1 saturated heterocycles. The Morgan fingerprint density at radius 2 is 2.14 bits per heavy atom. The summed E-state index contributed by atoms with van der Waals surface area (Å²) in [7, 11) is 5.86. The van der Waals surface area contributed by atoms with Crippen LogP contribution in [0.4, 0.5) is 5.82 Å². The number of hydrogen-bond donors (Lipinski definition) is 0. The molecule has 3 heterocycles. The predicted molar refractivity (Wildman–Crippen MR) is 87.0 cm³/mol. The lowest BCUT2D eigenvalue weighted by Crippen LogP contribution is -2.25. The van der Waals surface area contributed by atoms with E-state index in [0.29, 0.717) is 6.04 Å². The number of nitrogens with zero attached hydrogens (tertiary/aromatic N) is 6. The van der Waals surface area contributed by atoms with Crippen molar-refractivity contribution in [2.24, 2.45) is 7.05 Å². The van der Waals surface area contributed by atoms with Gasteiger partial charge < -0.3 is 4.90 Å². The lowest BCUT2D eigenvalue weighted by atomic mass is 10.1. The van der Waals surface area contributed by atoms with E-state index in [1.54, 1.807) is 6.20 Å². The molecule has 0 N–H and O–H groups in total. The zero-order valence-electron chi connectivity index (χ0n) is 13.2. The summed E-state index contributed by atoms with van der Waals surface area (Å²) in [6.07, 6.45) is 3.97. The fraction of sp³-hybridized carbons (Fsp3) is 0.533. The van der Waals surface area contributed by atoms with Gasteiger partial charge in [0.2, 0.25) is 0 Å². The third-order valence-corrected chi connectivity index (χ3v) is 4.51. The van der Waals surface area contributed by atoms with Crippen LogP contribution in [0.15, 0.2) is 18.3 Å². The van der Waals surface area contributed by atoms with E-state index < -0.39 is 0 Å². The minimum atomic E-state index is 0.301. The molecular formula is C15H21ClN6. The Kier molecular flexibility index (Phi) is 4.31. The molecule has 1 unspecified atom stereocenters. The maximum atomic E-state index is 6.23. The first kappa shape index (κ1) is 15.2. The number of halogens is 1. The first-order valence-electron chi connectivity index (χ1n) is 7.47. The monoisotopic (exact) mass is 320 g/mol. The highest BCUT2D eigenvalue weighted by Crippen LogP contribution is 2.33. The van der Waals surface area contributed by atoms with Gasteiger partial charge in [0.25, 0.3) is 0 Å². The Labute approximate surface area is 135 Å². The van der Waals surface area contributed by atoms with Gasteiger partial charge in [0.1, 0.15) is 0 Å². The topological polar surface area (TPSA) is 50.1 Å². The predicted octanol–water partition coefficient (Wildman–Crippen LogP) is 2.27. The maximum Gasteiger partial charge on any atom is 0.150 e. The van der Waals surface area contributed by atoms with Gasteiger partial charge in [0.15, 0.2) is 5.82 Å². The quantitative estimate of drug-likeness (QED) is 0.865. The lowest BCUT2D eigenvalue weighted by Gasteiger charge is -2.24. The van der Waals surface area contributed by atoms with Crippen molar-refractivity contribution in [2.45, 2.75) is 25.4 Å². The maximum absolute atomic E-state index is 6.23. The number of likely N-dealkylation sites (tertiary alicyclic amines) is 1. The van der Waals surface area contributed by atoms with Crippen molar-refractivity contribution in [3.05, 3.63) is 34.7 Å². The number of rotatable bonds is 4. The molecule has 118 valence electrons. The second kappa shape index (κ2) is 6.22. The van der Waals surface area contributed by atoms with Crippen molar-refractivity contribution in [3.63, 3.8) is 0 Å². The summed E-state index contributed by atoms with van der Waals surface area (Å²) < 4.78 is 1.85. The molecule has 0 saturated carbocycles. The van der Waals surface area contributed by atoms with Crippen LogP contribution >= 0.6 is 11.6 Å². The Hall–Kier alpha value is -1.66. The lowest BCUT2D eigenvalue weighted by molar-refractivity contribution is 0.237. The highest BCUT2D eigenvalue weighted by Gasteiger charge is 2.28. The minimum absolute atomic E-state index is 0.301. The van der Waals surface area contributed by atoms with Crippen LogP contribution in [0.1, 0.15) is 30.3 Å². The van der Waals surface area contributed by atoms with Crippen molar-refractivity contribution in [1.29, 1.82) is 0 Å². The average molecular weight is 321 g/mol. The van der Waals surface area contributed by atoms with Crippen LogP contribution in [0.5, 0.6) is 0 Å². The Balaban J connectivity index is 1.78. The van der Waals surface area contributed by atoms with Gasteiger partial charge in [-0.05, 0) is 31.5 Å². The number of anilines is 1. The van der Waals surface area contributed by atoms with E-state index in [1.165, 1.54) is 0 Å².